The highest BCUT2D eigenvalue weighted by Crippen LogP contribution is 2.25. The van der Waals surface area contributed by atoms with E-state index in [1.165, 1.54) is 13.8 Å². The minimum absolute atomic E-state index is 0.0260. The number of aliphatic hydroxyl groups excluding tert-OH is 1. The number of benzene rings is 2. The molecule has 0 saturated carbocycles. The molecule has 0 spiro atoms. The maximum Gasteiger partial charge on any atom is 0.326 e. The summed E-state index contributed by atoms with van der Waals surface area (Å²) in [6.07, 6.45) is 2.53. The summed E-state index contributed by atoms with van der Waals surface area (Å²) in [6.45, 7) is 11.1. The highest BCUT2D eigenvalue weighted by Gasteiger charge is 2.37. The van der Waals surface area contributed by atoms with Gasteiger partial charge in [0.15, 0.2) is 11.6 Å². The number of ether oxygens (including phenoxy) is 2. The van der Waals surface area contributed by atoms with Gasteiger partial charge in [-0.2, -0.15) is 0 Å². The molecule has 2 aromatic rings. The maximum atomic E-state index is 13.3. The average molecular weight is 743 g/mol. The summed E-state index contributed by atoms with van der Waals surface area (Å²) in [4.78, 5) is 78.8. The first-order chi connectivity index (χ1) is 25.1. The van der Waals surface area contributed by atoms with Gasteiger partial charge < -0.3 is 24.4 Å². The zero-order chi connectivity index (χ0) is 40.1. The van der Waals surface area contributed by atoms with Gasteiger partial charge in [-0.05, 0) is 89.1 Å². The van der Waals surface area contributed by atoms with Gasteiger partial charge in [-0.25, -0.2) is 9.98 Å². The fourth-order valence-electron chi connectivity index (χ4n) is 5.60. The van der Waals surface area contributed by atoms with Crippen LogP contribution in [0.1, 0.15) is 66.0 Å². The van der Waals surface area contributed by atoms with Crippen molar-refractivity contribution in [1.29, 1.82) is 0 Å². The molecule has 0 bridgehead atoms. The number of esters is 2. The van der Waals surface area contributed by atoms with E-state index in [1.807, 2.05) is 67.3 Å². The van der Waals surface area contributed by atoms with E-state index in [9.17, 15) is 29.1 Å². The van der Waals surface area contributed by atoms with Crippen molar-refractivity contribution < 1.29 is 38.6 Å². The van der Waals surface area contributed by atoms with Crippen molar-refractivity contribution in [1.82, 2.24) is 9.80 Å². The van der Waals surface area contributed by atoms with Crippen molar-refractivity contribution in [3.05, 3.63) is 71.1 Å². The molecule has 2 aromatic carbocycles. The number of carbonyl (C=O) groups is 5. The fourth-order valence-corrected chi connectivity index (χ4v) is 5.60. The predicted molar refractivity (Wildman–Crippen MR) is 208 cm³/mol. The zero-order valence-corrected chi connectivity index (χ0v) is 32.7. The Kier molecular flexibility index (Phi) is 12.6. The highest BCUT2D eigenvalue weighted by atomic mass is 16.6. The van der Waals surface area contributed by atoms with E-state index in [0.29, 0.717) is 18.5 Å². The molecule has 2 aliphatic heterocycles. The van der Waals surface area contributed by atoms with E-state index < -0.39 is 59.9 Å². The van der Waals surface area contributed by atoms with Crippen LogP contribution in [0.15, 0.2) is 69.9 Å². The Hall–Kier alpha value is -5.63. The van der Waals surface area contributed by atoms with Crippen molar-refractivity contribution in [3.63, 3.8) is 0 Å². The molecular weight excluding hydrogens is 692 g/mol. The molecule has 4 rings (SSSR count). The molecule has 1 atom stereocenters. The molecule has 14 nitrogen and oxygen atoms in total. The second kappa shape index (κ2) is 16.6. The van der Waals surface area contributed by atoms with Gasteiger partial charge in [-0.15, -0.1) is 0 Å². The molecule has 288 valence electrons. The molecule has 0 saturated heterocycles. The van der Waals surface area contributed by atoms with Gasteiger partial charge in [-0.3, -0.25) is 33.8 Å². The van der Waals surface area contributed by atoms with Gasteiger partial charge in [0.25, 0.3) is 11.8 Å². The number of carbonyl (C=O) groups excluding carboxylic acids is 5. The molecule has 2 amide bonds. The van der Waals surface area contributed by atoms with Crippen LogP contribution < -0.4 is 9.80 Å². The third kappa shape index (κ3) is 10.7. The summed E-state index contributed by atoms with van der Waals surface area (Å²) in [7, 11) is 5.75. The van der Waals surface area contributed by atoms with Crippen molar-refractivity contribution in [3.8, 4) is 0 Å². The van der Waals surface area contributed by atoms with Crippen LogP contribution in [-0.4, -0.2) is 114 Å². The number of amides is 2. The zero-order valence-electron chi connectivity index (χ0n) is 32.7. The Morgan fingerprint density at radius 1 is 0.778 bits per heavy atom. The van der Waals surface area contributed by atoms with Crippen molar-refractivity contribution in [2.45, 2.75) is 72.2 Å². The van der Waals surface area contributed by atoms with Crippen LogP contribution in [-0.2, 0) is 33.4 Å². The van der Waals surface area contributed by atoms with Crippen LogP contribution in [0.4, 0.5) is 11.4 Å². The van der Waals surface area contributed by atoms with Gasteiger partial charge in [0, 0.05) is 52.4 Å². The summed E-state index contributed by atoms with van der Waals surface area (Å²) in [5.74, 6) is -2.86. The SMILES string of the molecule is CC(=O)C1=N/C(=C\c2ccc(N(C)CCC(C)(C)OC(=O)CN3C(=O)/C(=C/c4ccc(N(C)C)cc4)N=C3C(C)O)cc2)C(=O)N1CC(=O)OC(C)(C)C. The van der Waals surface area contributed by atoms with E-state index >= 15 is 0 Å². The third-order valence-electron chi connectivity index (χ3n) is 8.39. The summed E-state index contributed by atoms with van der Waals surface area (Å²) in [5.41, 5.74) is 1.76. The van der Waals surface area contributed by atoms with Gasteiger partial charge in [0.05, 0.1) is 0 Å². The Labute approximate surface area is 316 Å². The van der Waals surface area contributed by atoms with Crippen molar-refractivity contribution in [2.24, 2.45) is 9.98 Å². The van der Waals surface area contributed by atoms with Crippen molar-refractivity contribution >= 4 is 64.7 Å². The highest BCUT2D eigenvalue weighted by molar-refractivity contribution is 6.44. The second-order valence-electron chi connectivity index (χ2n) is 15.0. The molecule has 2 heterocycles. The van der Waals surface area contributed by atoms with Crippen LogP contribution in [0.3, 0.4) is 0 Å². The number of nitrogens with zero attached hydrogens (tertiary/aromatic N) is 6. The number of Topliss-reactive ketones (excluding diaryl/α,β-unsaturated/α-hetero) is 1. The average Bonchev–Trinajstić information content (AvgIpc) is 3.54. The lowest BCUT2D eigenvalue weighted by Gasteiger charge is -2.29. The molecule has 0 radical (unpaired) electrons. The van der Waals surface area contributed by atoms with Crippen LogP contribution in [0, 0.1) is 0 Å². The van der Waals surface area contributed by atoms with Crippen LogP contribution in [0.2, 0.25) is 0 Å². The number of hydrogen-bond donors (Lipinski definition) is 1. The lowest BCUT2D eigenvalue weighted by atomic mass is 10.0. The first kappa shape index (κ1) is 41.1. The number of hydrogen-bond acceptors (Lipinski definition) is 12. The first-order valence-electron chi connectivity index (χ1n) is 17.6. The molecule has 54 heavy (non-hydrogen) atoms. The third-order valence-corrected chi connectivity index (χ3v) is 8.39. The molecule has 1 N–H and O–H groups in total. The van der Waals surface area contributed by atoms with E-state index in [4.69, 9.17) is 9.47 Å². The minimum Gasteiger partial charge on any atom is -0.459 e. The van der Waals surface area contributed by atoms with Crippen LogP contribution >= 0.6 is 0 Å². The van der Waals surface area contributed by atoms with Gasteiger partial charge in [0.2, 0.25) is 0 Å². The monoisotopic (exact) mass is 742 g/mol. The molecule has 14 heteroatoms. The van der Waals surface area contributed by atoms with E-state index in [0.717, 1.165) is 26.7 Å². The topological polar surface area (TPSA) is 162 Å². The Morgan fingerprint density at radius 2 is 1.26 bits per heavy atom. The van der Waals surface area contributed by atoms with E-state index in [-0.39, 0.29) is 23.1 Å². The summed E-state index contributed by atoms with van der Waals surface area (Å²) < 4.78 is 11.1. The number of amidine groups is 2. The maximum absolute atomic E-state index is 13.3. The van der Waals surface area contributed by atoms with Gasteiger partial charge in [0.1, 0.15) is 47.6 Å². The number of aliphatic hydroxyl groups is 1. The van der Waals surface area contributed by atoms with Crippen LogP contribution in [0.25, 0.3) is 12.2 Å². The van der Waals surface area contributed by atoms with Gasteiger partial charge >= 0.3 is 11.9 Å². The fraction of sp³-hybridized carbons (Fsp3) is 0.425. The van der Waals surface area contributed by atoms with E-state index in [1.54, 1.807) is 58.9 Å². The molecular formula is C40H50N6O8. The number of anilines is 2. The molecule has 0 fully saturated rings. The number of aliphatic imine (C=N–C) groups is 2. The molecule has 2 aliphatic rings. The number of rotatable bonds is 14. The summed E-state index contributed by atoms with van der Waals surface area (Å²) in [6, 6.07) is 14.9. The standard InChI is InChI=1S/C40H50N6O8/c1-25(47)35-41-32(37(51)45(35)23-33(49)53-39(3,4)5)22-28-13-17-30(18-14-28)44(10)20-19-40(6,7)54-34(50)24-46-36(26(2)48)42-31(38(46)52)21-27-11-15-29(16-12-27)43(8)9/h11-18,21-22,26,48H,19-20,23-24H2,1-10H3/b31-21-,32-22-. The minimum atomic E-state index is -1.09. The second-order valence-corrected chi connectivity index (χ2v) is 15.0. The lowest BCUT2D eigenvalue weighted by molar-refractivity contribution is -0.158. The summed E-state index contributed by atoms with van der Waals surface area (Å²) in [5, 5.41) is 10.4. The lowest BCUT2D eigenvalue weighted by Crippen LogP contribution is -2.43. The summed E-state index contributed by atoms with van der Waals surface area (Å²) >= 11 is 0. The first-order valence-corrected chi connectivity index (χ1v) is 17.6. The molecule has 1 unspecified atom stereocenters. The van der Waals surface area contributed by atoms with E-state index in [2.05, 4.69) is 9.98 Å². The van der Waals surface area contributed by atoms with Gasteiger partial charge in [-0.1, -0.05) is 24.3 Å². The largest absolute Gasteiger partial charge is 0.459 e. The Morgan fingerprint density at radius 3 is 1.76 bits per heavy atom. The Balaban J connectivity index is 1.34. The smallest absolute Gasteiger partial charge is 0.326 e. The predicted octanol–water partition coefficient (Wildman–Crippen LogP) is 4.08. The molecule has 0 aromatic heterocycles. The quantitative estimate of drug-likeness (QED) is 0.221. The Bertz CT molecular complexity index is 1900. The number of ketones is 1. The molecule has 0 aliphatic carbocycles. The van der Waals surface area contributed by atoms with Crippen LogP contribution in [0.5, 0.6) is 0 Å². The normalized spacial score (nSPS) is 16.8. The van der Waals surface area contributed by atoms with Crippen molar-refractivity contribution in [2.75, 3.05) is 50.6 Å².